The molecule has 1 aliphatic rings. The molecule has 1 fully saturated rings. The predicted octanol–water partition coefficient (Wildman–Crippen LogP) is 2.67. The molecule has 4 heteroatoms. The Morgan fingerprint density at radius 1 is 1.36 bits per heavy atom. The molecule has 122 valence electrons. The second kappa shape index (κ2) is 7.63. The number of nitrogens with one attached hydrogen (secondary N) is 1. The van der Waals surface area contributed by atoms with E-state index in [0.29, 0.717) is 0 Å². The van der Waals surface area contributed by atoms with E-state index in [0.717, 1.165) is 43.8 Å². The number of amides is 1. The Hall–Kier alpha value is -1.55. The number of rotatable bonds is 5. The van der Waals surface area contributed by atoms with Crippen molar-refractivity contribution in [1.82, 2.24) is 10.2 Å². The van der Waals surface area contributed by atoms with E-state index in [-0.39, 0.29) is 11.9 Å². The number of benzene rings is 1. The third-order valence-corrected chi connectivity index (χ3v) is 4.38. The van der Waals surface area contributed by atoms with E-state index in [1.54, 1.807) is 0 Å². The monoisotopic (exact) mass is 304 g/mol. The molecule has 22 heavy (non-hydrogen) atoms. The molecule has 1 heterocycles. The van der Waals surface area contributed by atoms with Crippen LogP contribution in [0, 0.1) is 13.8 Å². The Labute approximate surface area is 133 Å². The van der Waals surface area contributed by atoms with Crippen molar-refractivity contribution >= 4 is 5.91 Å². The van der Waals surface area contributed by atoms with Crippen LogP contribution in [-0.4, -0.2) is 42.6 Å². The van der Waals surface area contributed by atoms with E-state index < -0.39 is 6.10 Å². The maximum Gasteiger partial charge on any atom is 0.260 e. The van der Waals surface area contributed by atoms with Gasteiger partial charge in [-0.15, -0.1) is 0 Å². The fourth-order valence-corrected chi connectivity index (χ4v) is 2.89. The molecule has 1 aromatic rings. The molecule has 0 spiro atoms. The Balaban J connectivity index is 1.84. The summed E-state index contributed by atoms with van der Waals surface area (Å²) in [6.07, 6.45) is 1.58. The summed E-state index contributed by atoms with van der Waals surface area (Å²) in [7, 11) is 0. The summed E-state index contributed by atoms with van der Waals surface area (Å²) in [5.74, 6) is 0.768. The van der Waals surface area contributed by atoms with E-state index >= 15 is 0 Å². The van der Waals surface area contributed by atoms with Crippen LogP contribution in [0.5, 0.6) is 5.75 Å². The predicted molar refractivity (Wildman–Crippen MR) is 89.3 cm³/mol. The molecule has 0 unspecified atom stereocenters. The first-order valence-electron chi connectivity index (χ1n) is 8.26. The molecule has 1 aromatic carbocycles. The van der Waals surface area contributed by atoms with E-state index in [2.05, 4.69) is 30.1 Å². The van der Waals surface area contributed by atoms with Gasteiger partial charge in [-0.2, -0.15) is 0 Å². The zero-order valence-corrected chi connectivity index (χ0v) is 14.2. The third kappa shape index (κ3) is 4.47. The van der Waals surface area contributed by atoms with Crippen molar-refractivity contribution in [1.29, 1.82) is 0 Å². The molecular formula is C18H28N2O2. The third-order valence-electron chi connectivity index (χ3n) is 4.38. The smallest absolute Gasteiger partial charge is 0.260 e. The topological polar surface area (TPSA) is 41.6 Å². The highest BCUT2D eigenvalue weighted by Gasteiger charge is 2.23. The van der Waals surface area contributed by atoms with Crippen LogP contribution in [0.1, 0.15) is 37.8 Å². The maximum atomic E-state index is 12.3. The van der Waals surface area contributed by atoms with Crippen LogP contribution in [0.3, 0.4) is 0 Å². The fraction of sp³-hybridized carbons (Fsp3) is 0.611. The van der Waals surface area contributed by atoms with Crippen molar-refractivity contribution in [2.24, 2.45) is 0 Å². The van der Waals surface area contributed by atoms with Gasteiger partial charge in [0.15, 0.2) is 6.10 Å². The summed E-state index contributed by atoms with van der Waals surface area (Å²) >= 11 is 0. The SMILES string of the molecule is CCN1CCC(NC(=O)[C@H](C)Oc2ccc(C)cc2C)CC1. The summed E-state index contributed by atoms with van der Waals surface area (Å²) in [5, 5.41) is 3.12. The van der Waals surface area contributed by atoms with Crippen molar-refractivity contribution in [3.05, 3.63) is 29.3 Å². The summed E-state index contributed by atoms with van der Waals surface area (Å²) in [4.78, 5) is 14.7. The molecule has 0 radical (unpaired) electrons. The summed E-state index contributed by atoms with van der Waals surface area (Å²) < 4.78 is 5.82. The van der Waals surface area contributed by atoms with E-state index in [1.807, 2.05) is 26.0 Å². The van der Waals surface area contributed by atoms with Crippen molar-refractivity contribution in [2.45, 2.75) is 52.7 Å². The second-order valence-corrected chi connectivity index (χ2v) is 6.25. The number of hydrogen-bond acceptors (Lipinski definition) is 3. The highest BCUT2D eigenvalue weighted by Crippen LogP contribution is 2.20. The number of aryl methyl sites for hydroxylation is 2. The minimum absolute atomic E-state index is 0.0186. The molecule has 2 rings (SSSR count). The molecule has 1 N–H and O–H groups in total. The summed E-state index contributed by atoms with van der Waals surface area (Å²) in [6, 6.07) is 6.29. The molecule has 1 aliphatic heterocycles. The first kappa shape index (κ1) is 16.8. The fourth-order valence-electron chi connectivity index (χ4n) is 2.89. The molecule has 0 aromatic heterocycles. The maximum absolute atomic E-state index is 12.3. The van der Waals surface area contributed by atoms with Gasteiger partial charge in [-0.1, -0.05) is 24.6 Å². The number of nitrogens with zero attached hydrogens (tertiary/aromatic N) is 1. The number of ether oxygens (including phenoxy) is 1. The Morgan fingerprint density at radius 3 is 2.64 bits per heavy atom. The largest absolute Gasteiger partial charge is 0.481 e. The number of carbonyl (C=O) groups excluding carboxylic acids is 1. The lowest BCUT2D eigenvalue weighted by Crippen LogP contribution is -2.48. The van der Waals surface area contributed by atoms with Gasteiger partial charge in [0.25, 0.3) is 5.91 Å². The van der Waals surface area contributed by atoms with Crippen LogP contribution in [-0.2, 0) is 4.79 Å². The quantitative estimate of drug-likeness (QED) is 0.909. The van der Waals surface area contributed by atoms with E-state index in [1.165, 1.54) is 5.56 Å². The molecular weight excluding hydrogens is 276 g/mol. The number of likely N-dealkylation sites (tertiary alicyclic amines) is 1. The van der Waals surface area contributed by atoms with Crippen LogP contribution >= 0.6 is 0 Å². The second-order valence-electron chi connectivity index (χ2n) is 6.25. The lowest BCUT2D eigenvalue weighted by atomic mass is 10.0. The van der Waals surface area contributed by atoms with Gasteiger partial charge in [0.05, 0.1) is 0 Å². The van der Waals surface area contributed by atoms with Crippen molar-refractivity contribution in [2.75, 3.05) is 19.6 Å². The van der Waals surface area contributed by atoms with Crippen molar-refractivity contribution in [3.8, 4) is 5.75 Å². The van der Waals surface area contributed by atoms with Crippen LogP contribution in [0.2, 0.25) is 0 Å². The molecule has 0 bridgehead atoms. The zero-order chi connectivity index (χ0) is 16.1. The highest BCUT2D eigenvalue weighted by molar-refractivity contribution is 5.81. The van der Waals surface area contributed by atoms with Crippen molar-refractivity contribution < 1.29 is 9.53 Å². The average Bonchev–Trinajstić information content (AvgIpc) is 2.50. The first-order chi connectivity index (χ1) is 10.5. The normalized spacial score (nSPS) is 18.0. The van der Waals surface area contributed by atoms with Crippen LogP contribution in [0.25, 0.3) is 0 Å². The summed E-state index contributed by atoms with van der Waals surface area (Å²) in [5.41, 5.74) is 2.26. The first-order valence-corrected chi connectivity index (χ1v) is 8.26. The summed E-state index contributed by atoms with van der Waals surface area (Å²) in [6.45, 7) is 11.3. The van der Waals surface area contributed by atoms with Crippen LogP contribution in [0.4, 0.5) is 0 Å². The Bertz CT molecular complexity index is 508. The van der Waals surface area contributed by atoms with E-state index in [9.17, 15) is 4.79 Å². The van der Waals surface area contributed by atoms with Gasteiger partial charge >= 0.3 is 0 Å². The minimum atomic E-state index is -0.467. The lowest BCUT2D eigenvalue weighted by Gasteiger charge is -2.32. The van der Waals surface area contributed by atoms with Gasteiger partial charge in [-0.05, 0) is 51.8 Å². The number of hydrogen-bond donors (Lipinski definition) is 1. The van der Waals surface area contributed by atoms with Gasteiger partial charge in [0.1, 0.15) is 5.75 Å². The number of piperidine rings is 1. The van der Waals surface area contributed by atoms with Crippen molar-refractivity contribution in [3.63, 3.8) is 0 Å². The molecule has 1 amide bonds. The van der Waals surface area contributed by atoms with Gasteiger partial charge < -0.3 is 15.0 Å². The Morgan fingerprint density at radius 2 is 2.05 bits per heavy atom. The zero-order valence-electron chi connectivity index (χ0n) is 14.2. The molecule has 4 nitrogen and oxygen atoms in total. The molecule has 0 saturated carbocycles. The molecule has 0 aliphatic carbocycles. The van der Waals surface area contributed by atoms with Gasteiger partial charge in [-0.3, -0.25) is 4.79 Å². The van der Waals surface area contributed by atoms with Crippen LogP contribution < -0.4 is 10.1 Å². The Kier molecular flexibility index (Phi) is 5.83. The van der Waals surface area contributed by atoms with Crippen LogP contribution in [0.15, 0.2) is 18.2 Å². The molecule has 1 saturated heterocycles. The lowest BCUT2D eigenvalue weighted by molar-refractivity contribution is -0.128. The minimum Gasteiger partial charge on any atom is -0.481 e. The van der Waals surface area contributed by atoms with Gasteiger partial charge in [-0.25, -0.2) is 0 Å². The highest BCUT2D eigenvalue weighted by atomic mass is 16.5. The standard InChI is InChI=1S/C18H28N2O2/c1-5-20-10-8-16(9-11-20)19-18(21)15(4)22-17-7-6-13(2)12-14(17)3/h6-7,12,15-16H,5,8-11H2,1-4H3,(H,19,21)/t15-/m0/s1. The van der Waals surface area contributed by atoms with Gasteiger partial charge in [0.2, 0.25) is 0 Å². The van der Waals surface area contributed by atoms with E-state index in [4.69, 9.17) is 4.74 Å². The number of carbonyl (C=O) groups is 1. The van der Waals surface area contributed by atoms with Gasteiger partial charge in [0, 0.05) is 19.1 Å². The molecule has 1 atom stereocenters. The average molecular weight is 304 g/mol.